The molecule has 0 aliphatic carbocycles. The van der Waals surface area contributed by atoms with E-state index in [9.17, 15) is 9.59 Å². The molecule has 0 aliphatic rings. The summed E-state index contributed by atoms with van der Waals surface area (Å²) >= 11 is 2.87. The van der Waals surface area contributed by atoms with Crippen molar-refractivity contribution in [1.29, 1.82) is 0 Å². The number of carbonyl (C=O) groups excluding carboxylic acids is 1. The molecule has 132 valence electrons. The number of Topliss-reactive ketones (excluding diaryl/α,β-unsaturated/α-hetero) is 1. The van der Waals surface area contributed by atoms with Crippen molar-refractivity contribution >= 4 is 39.1 Å². The molecule has 7 heteroatoms. The quantitative estimate of drug-likeness (QED) is 0.415. The van der Waals surface area contributed by atoms with Crippen LogP contribution in [0.2, 0.25) is 0 Å². The summed E-state index contributed by atoms with van der Waals surface area (Å²) in [7, 11) is 0. The van der Waals surface area contributed by atoms with Gasteiger partial charge in [-0.2, -0.15) is 0 Å². The summed E-state index contributed by atoms with van der Waals surface area (Å²) in [5.41, 5.74) is 3.55. The van der Waals surface area contributed by atoms with E-state index in [2.05, 4.69) is 9.97 Å². The predicted molar refractivity (Wildman–Crippen MR) is 104 cm³/mol. The van der Waals surface area contributed by atoms with Crippen molar-refractivity contribution in [3.63, 3.8) is 0 Å². The number of ketones is 1. The van der Waals surface area contributed by atoms with Crippen molar-refractivity contribution < 1.29 is 4.79 Å². The zero-order chi connectivity index (χ0) is 18.3. The average Bonchev–Trinajstić information content (AvgIpc) is 3.04. The zero-order valence-electron chi connectivity index (χ0n) is 15.0. The third kappa shape index (κ3) is 3.18. The molecule has 0 unspecified atom stereocenters. The molecule has 0 amide bonds. The van der Waals surface area contributed by atoms with E-state index in [1.165, 1.54) is 23.1 Å². The lowest BCUT2D eigenvalue weighted by molar-refractivity contribution is 0.102. The third-order valence-electron chi connectivity index (χ3n) is 4.35. The number of nitrogens with one attached hydrogen (secondary N) is 1. The maximum atomic E-state index is 12.8. The van der Waals surface area contributed by atoms with Gasteiger partial charge in [0.05, 0.1) is 11.1 Å². The molecule has 3 aromatic heterocycles. The Morgan fingerprint density at radius 1 is 1.32 bits per heavy atom. The first kappa shape index (κ1) is 17.9. The Balaban J connectivity index is 1.95. The summed E-state index contributed by atoms with van der Waals surface area (Å²) in [4.78, 5) is 35.0. The molecule has 0 atom stereocenters. The Bertz CT molecular complexity index is 1030. The predicted octanol–water partition coefficient (Wildman–Crippen LogP) is 4.01. The lowest BCUT2D eigenvalue weighted by Gasteiger charge is -2.09. The summed E-state index contributed by atoms with van der Waals surface area (Å²) in [5, 5.41) is 1.32. The van der Waals surface area contributed by atoms with E-state index in [1.807, 2.05) is 40.7 Å². The highest BCUT2D eigenvalue weighted by Gasteiger charge is 2.18. The van der Waals surface area contributed by atoms with Crippen LogP contribution in [-0.4, -0.2) is 26.1 Å². The van der Waals surface area contributed by atoms with Crippen LogP contribution >= 0.6 is 23.1 Å². The molecule has 5 nitrogen and oxygen atoms in total. The molecule has 3 rings (SSSR count). The van der Waals surface area contributed by atoms with Gasteiger partial charge in [0.1, 0.15) is 4.83 Å². The van der Waals surface area contributed by atoms with E-state index < -0.39 is 0 Å². The monoisotopic (exact) mass is 375 g/mol. The van der Waals surface area contributed by atoms with Crippen LogP contribution < -0.4 is 5.56 Å². The van der Waals surface area contributed by atoms with Crippen molar-refractivity contribution in [2.45, 2.75) is 46.3 Å². The molecule has 3 aromatic rings. The van der Waals surface area contributed by atoms with Gasteiger partial charge in [-0.05, 0) is 46.2 Å². The van der Waals surface area contributed by atoms with E-state index in [0.717, 1.165) is 26.7 Å². The molecule has 0 saturated heterocycles. The average molecular weight is 376 g/mol. The fourth-order valence-corrected chi connectivity index (χ4v) is 4.94. The Morgan fingerprint density at radius 3 is 2.64 bits per heavy atom. The summed E-state index contributed by atoms with van der Waals surface area (Å²) < 4.78 is 1.66. The molecule has 1 N–H and O–H groups in total. The van der Waals surface area contributed by atoms with Gasteiger partial charge >= 0.3 is 0 Å². The van der Waals surface area contributed by atoms with E-state index in [0.29, 0.717) is 22.7 Å². The third-order valence-corrected chi connectivity index (χ3v) is 6.43. The number of H-pyrrole nitrogens is 1. The topological polar surface area (TPSA) is 67.8 Å². The van der Waals surface area contributed by atoms with Crippen LogP contribution in [-0.2, 0) is 6.54 Å². The van der Waals surface area contributed by atoms with E-state index in [-0.39, 0.29) is 17.1 Å². The van der Waals surface area contributed by atoms with E-state index in [4.69, 9.17) is 0 Å². The van der Waals surface area contributed by atoms with Crippen molar-refractivity contribution in [2.24, 2.45) is 0 Å². The van der Waals surface area contributed by atoms with Gasteiger partial charge in [-0.1, -0.05) is 11.8 Å². The number of thioether (sulfide) groups is 1. The van der Waals surface area contributed by atoms with Gasteiger partial charge in [0.2, 0.25) is 0 Å². The first-order valence-electron chi connectivity index (χ1n) is 8.16. The molecular formula is C18H21N3O2S2. The minimum absolute atomic E-state index is 0.0158. The van der Waals surface area contributed by atoms with E-state index >= 15 is 0 Å². The molecule has 0 saturated carbocycles. The molecule has 0 radical (unpaired) electrons. The number of aromatic amines is 1. The maximum absolute atomic E-state index is 12.8. The summed E-state index contributed by atoms with van der Waals surface area (Å²) in [6, 6.07) is 1.87. The molecule has 25 heavy (non-hydrogen) atoms. The molecule has 0 aliphatic heterocycles. The van der Waals surface area contributed by atoms with Gasteiger partial charge < -0.3 is 4.98 Å². The second-order valence-electron chi connectivity index (χ2n) is 6.11. The number of rotatable bonds is 5. The first-order chi connectivity index (χ1) is 11.8. The van der Waals surface area contributed by atoms with Crippen LogP contribution in [0.1, 0.15) is 39.1 Å². The molecule has 3 heterocycles. The number of hydrogen-bond acceptors (Lipinski definition) is 5. The SMILES string of the molecule is CCn1c(SCC(=O)c2cc(C)[nH]c2C)nc2sc(C)c(C)c2c1=O. The second-order valence-corrected chi connectivity index (χ2v) is 8.26. The smallest absolute Gasteiger partial charge is 0.263 e. The van der Waals surface area contributed by atoms with Gasteiger partial charge in [0.25, 0.3) is 5.56 Å². The van der Waals surface area contributed by atoms with Crippen LogP contribution in [0.3, 0.4) is 0 Å². The van der Waals surface area contributed by atoms with Crippen molar-refractivity contribution in [3.05, 3.63) is 43.8 Å². The molecule has 0 spiro atoms. The Morgan fingerprint density at radius 2 is 2.04 bits per heavy atom. The van der Waals surface area contributed by atoms with Crippen molar-refractivity contribution in [1.82, 2.24) is 14.5 Å². The summed E-state index contributed by atoms with van der Waals surface area (Å²) in [6.07, 6.45) is 0. The lowest BCUT2D eigenvalue weighted by Crippen LogP contribution is -2.22. The maximum Gasteiger partial charge on any atom is 0.263 e. The standard InChI is InChI=1S/C18H21N3O2S2/c1-6-21-17(23)15-10(3)12(5)25-16(15)20-18(21)24-8-14(22)13-7-9(2)19-11(13)4/h7,19H,6,8H2,1-5H3. The fourth-order valence-electron chi connectivity index (χ4n) is 2.92. The number of aromatic nitrogens is 3. The minimum atomic E-state index is -0.0158. The van der Waals surface area contributed by atoms with Crippen LogP contribution in [0, 0.1) is 27.7 Å². The van der Waals surface area contributed by atoms with Crippen LogP contribution in [0.15, 0.2) is 16.0 Å². The van der Waals surface area contributed by atoms with Crippen LogP contribution in [0.4, 0.5) is 0 Å². The van der Waals surface area contributed by atoms with Gasteiger partial charge in [-0.15, -0.1) is 11.3 Å². The number of nitrogens with zero attached hydrogens (tertiary/aromatic N) is 2. The van der Waals surface area contributed by atoms with Crippen LogP contribution in [0.5, 0.6) is 0 Å². The van der Waals surface area contributed by atoms with Crippen molar-refractivity contribution in [3.8, 4) is 0 Å². The highest BCUT2D eigenvalue weighted by atomic mass is 32.2. The van der Waals surface area contributed by atoms with Gasteiger partial charge in [0, 0.05) is 28.4 Å². The molecule has 0 bridgehead atoms. The summed E-state index contributed by atoms with van der Waals surface area (Å²) in [6.45, 7) is 10.3. The number of hydrogen-bond donors (Lipinski definition) is 1. The van der Waals surface area contributed by atoms with Gasteiger partial charge in [-0.25, -0.2) is 4.98 Å². The zero-order valence-corrected chi connectivity index (χ0v) is 16.7. The van der Waals surface area contributed by atoms with Gasteiger partial charge in [-0.3, -0.25) is 14.2 Å². The number of aryl methyl sites for hydroxylation is 4. The van der Waals surface area contributed by atoms with Gasteiger partial charge in [0.15, 0.2) is 10.9 Å². The molecule has 0 aromatic carbocycles. The Hall–Kier alpha value is -1.86. The highest BCUT2D eigenvalue weighted by Crippen LogP contribution is 2.28. The van der Waals surface area contributed by atoms with E-state index in [1.54, 1.807) is 4.57 Å². The number of thiophene rings is 1. The number of carbonyl (C=O) groups is 1. The normalized spacial score (nSPS) is 11.4. The lowest BCUT2D eigenvalue weighted by atomic mass is 10.2. The Labute approximate surface area is 154 Å². The largest absolute Gasteiger partial charge is 0.362 e. The Kier molecular flexibility index (Phi) is 4.88. The number of fused-ring (bicyclic) bond motifs is 1. The molecular weight excluding hydrogens is 354 g/mol. The van der Waals surface area contributed by atoms with Crippen LogP contribution in [0.25, 0.3) is 10.2 Å². The fraction of sp³-hybridized carbons (Fsp3) is 0.389. The van der Waals surface area contributed by atoms with Crippen molar-refractivity contribution in [2.75, 3.05) is 5.75 Å². The highest BCUT2D eigenvalue weighted by molar-refractivity contribution is 7.99. The summed E-state index contributed by atoms with van der Waals surface area (Å²) in [5.74, 6) is 0.307. The first-order valence-corrected chi connectivity index (χ1v) is 9.96. The second kappa shape index (κ2) is 6.80. The minimum Gasteiger partial charge on any atom is -0.362 e. The molecule has 0 fully saturated rings.